The molecular formula is C30H36N4O6S. The molecule has 1 N–H and O–H groups in total. The number of carbonyl (C=O) groups excluding carboxylic acids is 1. The Morgan fingerprint density at radius 2 is 1.71 bits per heavy atom. The lowest BCUT2D eigenvalue weighted by Crippen LogP contribution is -2.33. The maximum Gasteiger partial charge on any atom is 0.407 e. The maximum atomic E-state index is 12.2. The molecular weight excluding hydrogens is 544 g/mol. The third kappa shape index (κ3) is 7.15. The molecule has 0 fully saturated rings. The third-order valence-corrected chi connectivity index (χ3v) is 7.98. The minimum Gasteiger partial charge on any atom is -0.493 e. The number of hydrogen-bond acceptors (Lipinski definition) is 8. The van der Waals surface area contributed by atoms with Gasteiger partial charge < -0.3 is 19.5 Å². The van der Waals surface area contributed by atoms with E-state index in [0.29, 0.717) is 42.4 Å². The van der Waals surface area contributed by atoms with Crippen molar-refractivity contribution in [1.82, 2.24) is 19.9 Å². The van der Waals surface area contributed by atoms with Crippen LogP contribution in [0.15, 0.2) is 59.5 Å². The summed E-state index contributed by atoms with van der Waals surface area (Å²) in [4.78, 5) is 16.7. The van der Waals surface area contributed by atoms with E-state index in [2.05, 4.69) is 10.3 Å². The zero-order chi connectivity index (χ0) is 29.8. The summed E-state index contributed by atoms with van der Waals surface area (Å²) in [5.41, 5.74) is 4.05. The molecule has 0 saturated carbocycles. The molecule has 0 aliphatic heterocycles. The largest absolute Gasteiger partial charge is 0.493 e. The Balaban J connectivity index is 1.51. The first-order valence-electron chi connectivity index (χ1n) is 13.4. The number of amides is 1. The van der Waals surface area contributed by atoms with Crippen molar-refractivity contribution in [2.45, 2.75) is 51.5 Å². The molecule has 0 atom stereocenters. The fraction of sp³-hybridized carbons (Fsp3) is 0.367. The molecule has 1 amide bonds. The summed E-state index contributed by atoms with van der Waals surface area (Å²) in [5.74, 6) is 1.18. The van der Waals surface area contributed by atoms with Crippen molar-refractivity contribution in [3.05, 3.63) is 60.3 Å². The van der Waals surface area contributed by atoms with Crippen molar-refractivity contribution >= 4 is 21.6 Å². The Bertz CT molecular complexity index is 1640. The average Bonchev–Trinajstić information content (AvgIpc) is 3.26. The fourth-order valence-corrected chi connectivity index (χ4v) is 5.10. The smallest absolute Gasteiger partial charge is 0.407 e. The lowest BCUT2D eigenvalue weighted by Gasteiger charge is -2.19. The molecule has 2 aromatic carbocycles. The number of sulfone groups is 1. The van der Waals surface area contributed by atoms with Gasteiger partial charge in [0, 0.05) is 17.7 Å². The van der Waals surface area contributed by atoms with Crippen LogP contribution in [0.3, 0.4) is 0 Å². The maximum absolute atomic E-state index is 12.2. The van der Waals surface area contributed by atoms with E-state index in [0.717, 1.165) is 22.5 Å². The van der Waals surface area contributed by atoms with Crippen LogP contribution >= 0.6 is 0 Å². The third-order valence-electron chi connectivity index (χ3n) is 6.22. The summed E-state index contributed by atoms with van der Waals surface area (Å²) < 4.78 is 43.0. The molecule has 0 saturated heterocycles. The van der Waals surface area contributed by atoms with Gasteiger partial charge in [-0.3, -0.25) is 0 Å². The van der Waals surface area contributed by atoms with Crippen molar-refractivity contribution < 1.29 is 27.4 Å². The quantitative estimate of drug-likeness (QED) is 0.245. The normalized spacial score (nSPS) is 11.9. The zero-order valence-corrected chi connectivity index (χ0v) is 25.0. The van der Waals surface area contributed by atoms with Crippen molar-refractivity contribution in [1.29, 1.82) is 0 Å². The first-order valence-corrected chi connectivity index (χ1v) is 15.0. The number of carbonyl (C=O) groups is 1. The number of aromatic nitrogens is 3. The minimum atomic E-state index is -3.29. The molecule has 0 unspecified atom stereocenters. The van der Waals surface area contributed by atoms with E-state index in [1.54, 1.807) is 42.8 Å². The number of benzene rings is 2. The zero-order valence-electron chi connectivity index (χ0n) is 24.2. The number of rotatable bonds is 10. The molecule has 0 spiro atoms. The highest BCUT2D eigenvalue weighted by Crippen LogP contribution is 2.33. The van der Waals surface area contributed by atoms with E-state index >= 15 is 0 Å². The summed E-state index contributed by atoms with van der Waals surface area (Å²) in [7, 11) is -1.71. The van der Waals surface area contributed by atoms with E-state index in [1.165, 1.54) is 0 Å². The summed E-state index contributed by atoms with van der Waals surface area (Å²) in [6, 6.07) is 16.2. The number of nitrogens with zero attached hydrogens (tertiary/aromatic N) is 3. The molecule has 2 aromatic heterocycles. The van der Waals surface area contributed by atoms with Gasteiger partial charge in [-0.05, 0) is 76.6 Å². The average molecular weight is 581 g/mol. The van der Waals surface area contributed by atoms with Crippen LogP contribution in [0.5, 0.6) is 11.5 Å². The lowest BCUT2D eigenvalue weighted by molar-refractivity contribution is 0.0525. The number of methoxy groups -OCH3 is 1. The van der Waals surface area contributed by atoms with Gasteiger partial charge in [0.1, 0.15) is 5.60 Å². The van der Waals surface area contributed by atoms with Crippen LogP contribution in [0, 0.1) is 6.92 Å². The Hall–Kier alpha value is -4.12. The van der Waals surface area contributed by atoms with Crippen molar-refractivity contribution in [2.24, 2.45) is 0 Å². The molecule has 218 valence electrons. The molecule has 0 bridgehead atoms. The summed E-state index contributed by atoms with van der Waals surface area (Å²) in [5, 5.41) is 7.57. The SMILES string of the molecule is CCS(=O)(=O)c1ccc(-c2c(C)nc3ccc(-c4ccc(OCCCNC(=O)OC(C)(C)C)c(OC)c4)nn23)cc1. The van der Waals surface area contributed by atoms with E-state index in [-0.39, 0.29) is 10.6 Å². The number of hydrogen-bond donors (Lipinski definition) is 1. The second-order valence-corrected chi connectivity index (χ2v) is 12.7. The van der Waals surface area contributed by atoms with Crippen LogP contribution in [0.25, 0.3) is 28.2 Å². The van der Waals surface area contributed by atoms with Gasteiger partial charge in [0.25, 0.3) is 0 Å². The molecule has 10 nitrogen and oxygen atoms in total. The van der Waals surface area contributed by atoms with Gasteiger partial charge in [-0.1, -0.05) is 19.1 Å². The van der Waals surface area contributed by atoms with Crippen molar-refractivity contribution in [3.8, 4) is 34.0 Å². The van der Waals surface area contributed by atoms with Crippen LogP contribution < -0.4 is 14.8 Å². The summed E-state index contributed by atoms with van der Waals surface area (Å²) >= 11 is 0. The van der Waals surface area contributed by atoms with Crippen LogP contribution in [-0.2, 0) is 14.6 Å². The van der Waals surface area contributed by atoms with Gasteiger partial charge in [0.2, 0.25) is 0 Å². The highest BCUT2D eigenvalue weighted by molar-refractivity contribution is 7.91. The first kappa shape index (κ1) is 29.9. The summed E-state index contributed by atoms with van der Waals surface area (Å²) in [6.45, 7) is 9.78. The molecule has 4 rings (SSSR count). The van der Waals surface area contributed by atoms with Gasteiger partial charge >= 0.3 is 6.09 Å². The predicted octanol–water partition coefficient (Wildman–Crippen LogP) is 5.47. The van der Waals surface area contributed by atoms with E-state index in [4.69, 9.17) is 19.3 Å². The van der Waals surface area contributed by atoms with Gasteiger partial charge in [-0.25, -0.2) is 22.7 Å². The molecule has 41 heavy (non-hydrogen) atoms. The Morgan fingerprint density at radius 3 is 2.37 bits per heavy atom. The van der Waals surface area contributed by atoms with Crippen LogP contribution in [0.1, 0.15) is 39.8 Å². The van der Waals surface area contributed by atoms with Crippen molar-refractivity contribution in [3.63, 3.8) is 0 Å². The molecule has 0 radical (unpaired) electrons. The number of nitrogens with one attached hydrogen (secondary N) is 1. The fourth-order valence-electron chi connectivity index (χ4n) is 4.22. The van der Waals surface area contributed by atoms with Gasteiger partial charge in [0.15, 0.2) is 27.0 Å². The van der Waals surface area contributed by atoms with E-state index < -0.39 is 21.5 Å². The standard InChI is InChI=1S/C30H36N4O6S/c1-7-41(36,37)23-12-9-21(10-13-23)28-20(2)32-27-16-14-24(33-34(27)28)22-11-15-25(26(19-22)38-6)39-18-8-17-31-29(35)40-30(3,4)5/h9-16,19H,7-8,17-18H2,1-6H3,(H,31,35). The predicted molar refractivity (Wildman–Crippen MR) is 157 cm³/mol. The second-order valence-electron chi connectivity index (χ2n) is 10.5. The second kappa shape index (κ2) is 12.2. The first-order chi connectivity index (χ1) is 19.4. The van der Waals surface area contributed by atoms with E-state index in [1.807, 2.05) is 58.0 Å². The van der Waals surface area contributed by atoms with E-state index in [9.17, 15) is 13.2 Å². The Morgan fingerprint density at radius 1 is 1.00 bits per heavy atom. The Kier molecular flexibility index (Phi) is 8.86. The van der Waals surface area contributed by atoms with Crippen LogP contribution in [0.4, 0.5) is 4.79 Å². The minimum absolute atomic E-state index is 0.0461. The van der Waals surface area contributed by atoms with Crippen LogP contribution in [0.2, 0.25) is 0 Å². The monoisotopic (exact) mass is 580 g/mol. The summed E-state index contributed by atoms with van der Waals surface area (Å²) in [6.07, 6.45) is 0.137. The van der Waals surface area contributed by atoms with Crippen LogP contribution in [-0.4, -0.2) is 60.7 Å². The number of aryl methyl sites for hydroxylation is 1. The number of imidazole rings is 1. The highest BCUT2D eigenvalue weighted by atomic mass is 32.2. The Labute approximate surface area is 240 Å². The van der Waals surface area contributed by atoms with Gasteiger partial charge in [-0.2, -0.15) is 5.10 Å². The lowest BCUT2D eigenvalue weighted by atomic mass is 10.1. The number of fused-ring (bicyclic) bond motifs is 1. The molecule has 4 aromatic rings. The number of alkyl carbamates (subject to hydrolysis) is 1. The molecule has 2 heterocycles. The molecule has 0 aliphatic rings. The highest BCUT2D eigenvalue weighted by Gasteiger charge is 2.17. The van der Waals surface area contributed by atoms with Gasteiger partial charge in [-0.15, -0.1) is 0 Å². The topological polar surface area (TPSA) is 121 Å². The van der Waals surface area contributed by atoms with Gasteiger partial charge in [0.05, 0.1) is 41.4 Å². The molecule has 0 aliphatic carbocycles. The molecule has 11 heteroatoms. The number of ether oxygens (including phenoxy) is 3. The van der Waals surface area contributed by atoms with Crippen molar-refractivity contribution in [2.75, 3.05) is 26.0 Å².